The molecule has 4 aliphatic rings. The van der Waals surface area contributed by atoms with Gasteiger partial charge in [-0.25, -0.2) is 4.79 Å². The fourth-order valence-corrected chi connectivity index (χ4v) is 6.47. The molecule has 4 heteroatoms. The Balaban J connectivity index is 1.33. The summed E-state index contributed by atoms with van der Waals surface area (Å²) >= 11 is 0. The minimum Gasteiger partial charge on any atom is -0.445 e. The molecule has 1 aromatic carbocycles. The molecular weight excluding hydrogens is 362 g/mol. The Kier molecular flexibility index (Phi) is 4.60. The van der Waals surface area contributed by atoms with Crippen LogP contribution < -0.4 is 5.32 Å². The van der Waals surface area contributed by atoms with Crippen molar-refractivity contribution in [1.29, 1.82) is 0 Å². The van der Waals surface area contributed by atoms with Gasteiger partial charge in [-0.15, -0.1) is 0 Å². The first kappa shape index (κ1) is 18.7. The molecule has 4 nitrogen and oxygen atoms in total. The Hall–Kier alpha value is -2.36. The summed E-state index contributed by atoms with van der Waals surface area (Å²) in [5, 5.41) is 2.87. The van der Waals surface area contributed by atoms with Gasteiger partial charge in [-0.1, -0.05) is 30.7 Å². The van der Waals surface area contributed by atoms with E-state index < -0.39 is 0 Å². The highest BCUT2D eigenvalue weighted by molar-refractivity contribution is 5.93. The van der Waals surface area contributed by atoms with Gasteiger partial charge < -0.3 is 4.74 Å². The third-order valence-corrected chi connectivity index (χ3v) is 7.91. The second kappa shape index (κ2) is 7.16. The van der Waals surface area contributed by atoms with Crippen molar-refractivity contribution in [1.82, 2.24) is 0 Å². The summed E-state index contributed by atoms with van der Waals surface area (Å²) in [5.74, 6) is 1.47. The minimum atomic E-state index is -0.341. The molecule has 0 aliphatic heterocycles. The van der Waals surface area contributed by atoms with Crippen molar-refractivity contribution in [3.8, 4) is 0 Å². The average molecular weight is 392 g/mol. The molecule has 5 rings (SSSR count). The predicted octanol–water partition coefficient (Wildman–Crippen LogP) is 5.81. The van der Waals surface area contributed by atoms with E-state index in [0.29, 0.717) is 24.0 Å². The smallest absolute Gasteiger partial charge is 0.411 e. The van der Waals surface area contributed by atoms with E-state index in [1.807, 2.05) is 36.4 Å². The van der Waals surface area contributed by atoms with Gasteiger partial charge in [-0.2, -0.15) is 0 Å². The number of carbonyl (C=O) groups is 2. The van der Waals surface area contributed by atoms with Crippen molar-refractivity contribution in [2.45, 2.75) is 64.4 Å². The number of anilines is 1. The number of fused-ring (bicyclic) bond motifs is 4. The summed E-state index contributed by atoms with van der Waals surface area (Å²) in [7, 11) is 0. The van der Waals surface area contributed by atoms with Gasteiger partial charge in [-0.05, 0) is 86.1 Å². The lowest BCUT2D eigenvalue weighted by atomic mass is 9.57. The molecule has 1 aromatic rings. The fraction of sp³-hybridized carbons (Fsp3) is 0.520. The number of para-hydroxylation sites is 1. The molecule has 0 spiro atoms. The Morgan fingerprint density at radius 2 is 1.90 bits per heavy atom. The highest BCUT2D eigenvalue weighted by Gasteiger charge is 2.55. The number of hydrogen-bond acceptors (Lipinski definition) is 3. The standard InChI is InChI=1S/C25H29NO3/c1-25-14-13-20-19-10-8-18(27)15-16(19)7-9-21(20)22(25)11-12-23(25)29-24(28)26-17-5-3-2-4-6-17/h2-6,15,21-23H,7-14H2,1H3,(H,26,28)/t21-,22+,23+,25+/m1/s1. The molecular formula is C25H29NO3. The van der Waals surface area contributed by atoms with Crippen LogP contribution in [-0.2, 0) is 9.53 Å². The van der Waals surface area contributed by atoms with Crippen molar-refractivity contribution in [2.24, 2.45) is 17.3 Å². The van der Waals surface area contributed by atoms with Crippen LogP contribution in [0.5, 0.6) is 0 Å². The zero-order valence-corrected chi connectivity index (χ0v) is 17.1. The lowest BCUT2D eigenvalue weighted by molar-refractivity contribution is -0.114. The van der Waals surface area contributed by atoms with E-state index in [9.17, 15) is 9.59 Å². The Bertz CT molecular complexity index is 900. The van der Waals surface area contributed by atoms with E-state index in [-0.39, 0.29) is 17.6 Å². The molecule has 2 fully saturated rings. The second-order valence-electron chi connectivity index (χ2n) is 9.36. The number of ether oxygens (including phenoxy) is 1. The highest BCUT2D eigenvalue weighted by atomic mass is 16.6. The highest BCUT2D eigenvalue weighted by Crippen LogP contribution is 2.60. The van der Waals surface area contributed by atoms with E-state index in [0.717, 1.165) is 50.6 Å². The molecule has 0 saturated heterocycles. The Morgan fingerprint density at radius 1 is 1.07 bits per heavy atom. The molecule has 152 valence electrons. The van der Waals surface area contributed by atoms with Crippen LogP contribution >= 0.6 is 0 Å². The van der Waals surface area contributed by atoms with Gasteiger partial charge in [0, 0.05) is 17.5 Å². The SMILES string of the molecule is C[C@]12CCC3=C4CCC(=O)C=C4CC[C@H]3[C@@H]1CC[C@@H]2OC(=O)Nc1ccccc1. The topological polar surface area (TPSA) is 55.4 Å². The van der Waals surface area contributed by atoms with Gasteiger partial charge in [-0.3, -0.25) is 10.1 Å². The largest absolute Gasteiger partial charge is 0.445 e. The first-order chi connectivity index (χ1) is 14.0. The monoisotopic (exact) mass is 391 g/mol. The van der Waals surface area contributed by atoms with Gasteiger partial charge in [0.05, 0.1) is 0 Å². The summed E-state index contributed by atoms with van der Waals surface area (Å²) < 4.78 is 5.97. The molecule has 0 radical (unpaired) electrons. The molecule has 2 saturated carbocycles. The summed E-state index contributed by atoms with van der Waals surface area (Å²) in [6.45, 7) is 2.34. The molecule has 0 aromatic heterocycles. The van der Waals surface area contributed by atoms with Gasteiger partial charge in [0.15, 0.2) is 5.78 Å². The lowest BCUT2D eigenvalue weighted by Gasteiger charge is -2.48. The summed E-state index contributed by atoms with van der Waals surface area (Å²) in [6.07, 6.45) is 9.54. The lowest BCUT2D eigenvalue weighted by Crippen LogP contribution is -2.43. The van der Waals surface area contributed by atoms with E-state index in [4.69, 9.17) is 4.74 Å². The molecule has 4 atom stereocenters. The first-order valence-corrected chi connectivity index (χ1v) is 11.0. The minimum absolute atomic E-state index is 0.0207. The number of nitrogens with one attached hydrogen (secondary N) is 1. The maximum atomic E-state index is 12.5. The maximum Gasteiger partial charge on any atom is 0.411 e. The van der Waals surface area contributed by atoms with Crippen LogP contribution in [0.3, 0.4) is 0 Å². The van der Waals surface area contributed by atoms with Gasteiger partial charge in [0.2, 0.25) is 0 Å². The fourth-order valence-electron chi connectivity index (χ4n) is 6.47. The summed E-state index contributed by atoms with van der Waals surface area (Å²) in [4.78, 5) is 24.3. The van der Waals surface area contributed by atoms with Crippen LogP contribution in [0, 0.1) is 17.3 Å². The van der Waals surface area contributed by atoms with E-state index in [1.54, 1.807) is 5.57 Å². The van der Waals surface area contributed by atoms with Crippen LogP contribution in [0.4, 0.5) is 10.5 Å². The normalized spacial score (nSPS) is 33.3. The third-order valence-electron chi connectivity index (χ3n) is 7.91. The zero-order chi connectivity index (χ0) is 20.0. The number of allylic oxidation sites excluding steroid dienone is 4. The van der Waals surface area contributed by atoms with Crippen molar-refractivity contribution < 1.29 is 14.3 Å². The van der Waals surface area contributed by atoms with Crippen molar-refractivity contribution in [2.75, 3.05) is 5.32 Å². The summed E-state index contributed by atoms with van der Waals surface area (Å²) in [5.41, 5.74) is 5.24. The van der Waals surface area contributed by atoms with E-state index >= 15 is 0 Å². The van der Waals surface area contributed by atoms with Crippen molar-refractivity contribution in [3.05, 3.63) is 53.1 Å². The molecule has 4 aliphatic carbocycles. The maximum absolute atomic E-state index is 12.5. The molecule has 0 bridgehead atoms. The quantitative estimate of drug-likeness (QED) is 0.692. The van der Waals surface area contributed by atoms with Crippen LogP contribution in [-0.4, -0.2) is 18.0 Å². The number of hydrogen-bond donors (Lipinski definition) is 1. The van der Waals surface area contributed by atoms with Crippen LogP contribution in [0.1, 0.15) is 58.3 Å². The van der Waals surface area contributed by atoms with Crippen LogP contribution in [0.15, 0.2) is 53.1 Å². The number of benzene rings is 1. The zero-order valence-electron chi connectivity index (χ0n) is 17.1. The van der Waals surface area contributed by atoms with Gasteiger partial charge in [0.1, 0.15) is 6.10 Å². The van der Waals surface area contributed by atoms with Gasteiger partial charge >= 0.3 is 6.09 Å². The number of carbonyl (C=O) groups excluding carboxylic acids is 2. The molecule has 0 heterocycles. The van der Waals surface area contributed by atoms with Crippen molar-refractivity contribution in [3.63, 3.8) is 0 Å². The van der Waals surface area contributed by atoms with Crippen molar-refractivity contribution >= 4 is 17.6 Å². The Morgan fingerprint density at radius 3 is 2.72 bits per heavy atom. The number of rotatable bonds is 2. The molecule has 0 unspecified atom stereocenters. The predicted molar refractivity (Wildman–Crippen MR) is 112 cm³/mol. The van der Waals surface area contributed by atoms with Gasteiger partial charge in [0.25, 0.3) is 0 Å². The first-order valence-electron chi connectivity index (χ1n) is 11.0. The number of amides is 1. The average Bonchev–Trinajstić information content (AvgIpc) is 3.04. The Labute approximate surface area is 172 Å². The van der Waals surface area contributed by atoms with E-state index in [2.05, 4.69) is 12.2 Å². The molecule has 1 N–H and O–H groups in total. The second-order valence-corrected chi connectivity index (χ2v) is 9.36. The van der Waals surface area contributed by atoms with E-state index in [1.165, 1.54) is 11.1 Å². The summed E-state index contributed by atoms with van der Waals surface area (Å²) in [6, 6.07) is 9.50. The molecule has 29 heavy (non-hydrogen) atoms. The molecule has 1 amide bonds. The third kappa shape index (κ3) is 3.23. The van der Waals surface area contributed by atoms with Crippen LogP contribution in [0.2, 0.25) is 0 Å². The number of ketones is 1. The van der Waals surface area contributed by atoms with Crippen LogP contribution in [0.25, 0.3) is 0 Å².